The van der Waals surface area contributed by atoms with Crippen molar-refractivity contribution in [3.05, 3.63) is 0 Å². The molecule has 1 nitrogen and oxygen atoms in total. The van der Waals surface area contributed by atoms with Crippen LogP contribution in [0.3, 0.4) is 0 Å². The molecule has 74 valence electrons. The summed E-state index contributed by atoms with van der Waals surface area (Å²) in [5, 5.41) is 9.73. The molecule has 0 aromatic rings. The van der Waals surface area contributed by atoms with E-state index >= 15 is 0 Å². The van der Waals surface area contributed by atoms with Gasteiger partial charge in [-0.25, -0.2) is 0 Å². The maximum atomic E-state index is 9.76. The number of aliphatic hydroxyl groups excluding tert-OH is 1. The molecular weight excluding hydrogens is 195 g/mol. The summed E-state index contributed by atoms with van der Waals surface area (Å²) in [7, 11) is 0. The van der Waals surface area contributed by atoms with Crippen molar-refractivity contribution < 1.29 is 5.11 Å². The Morgan fingerprint density at radius 1 is 0.833 bits per heavy atom. The largest absolute Gasteiger partial charge is 0.392 e. The lowest BCUT2D eigenvalue weighted by Crippen LogP contribution is -2.34. The Balaban J connectivity index is 4.08. The van der Waals surface area contributed by atoms with Crippen molar-refractivity contribution in [2.24, 2.45) is 11.8 Å². The van der Waals surface area contributed by atoms with E-state index in [4.69, 9.17) is 23.2 Å². The Morgan fingerprint density at radius 3 is 1.25 bits per heavy atom. The quantitative estimate of drug-likeness (QED) is 0.712. The highest BCUT2D eigenvalue weighted by atomic mass is 35.5. The molecule has 1 N–H and O–H groups in total. The number of halogens is 2. The molecule has 0 bridgehead atoms. The highest BCUT2D eigenvalue weighted by Crippen LogP contribution is 2.24. The summed E-state index contributed by atoms with van der Waals surface area (Å²) in [6.45, 7) is 7.67. The van der Waals surface area contributed by atoms with Crippen molar-refractivity contribution >= 4 is 23.2 Å². The fraction of sp³-hybridized carbons (Fsp3) is 1.00. The van der Waals surface area contributed by atoms with Crippen LogP contribution < -0.4 is 0 Å². The molecule has 3 heteroatoms. The predicted molar refractivity (Wildman–Crippen MR) is 55.0 cm³/mol. The number of rotatable bonds is 4. The van der Waals surface area contributed by atoms with E-state index in [9.17, 15) is 5.11 Å². The first-order valence-corrected chi connectivity index (χ1v) is 5.21. The molecule has 0 saturated carbocycles. The van der Waals surface area contributed by atoms with E-state index in [1.54, 1.807) is 0 Å². The third-order valence-electron chi connectivity index (χ3n) is 2.53. The molecule has 12 heavy (non-hydrogen) atoms. The van der Waals surface area contributed by atoms with Gasteiger partial charge in [-0.2, -0.15) is 0 Å². The molecule has 0 spiro atoms. The van der Waals surface area contributed by atoms with Crippen LogP contribution in [0.2, 0.25) is 0 Å². The van der Waals surface area contributed by atoms with Crippen molar-refractivity contribution in [1.29, 1.82) is 0 Å². The van der Waals surface area contributed by atoms with Gasteiger partial charge in [0.05, 0.1) is 6.10 Å². The van der Waals surface area contributed by atoms with Crippen molar-refractivity contribution in [3.63, 3.8) is 0 Å². The smallest absolute Gasteiger partial charge is 0.0619 e. The van der Waals surface area contributed by atoms with Crippen molar-refractivity contribution in [2.45, 2.75) is 44.6 Å². The van der Waals surface area contributed by atoms with E-state index < -0.39 is 6.10 Å². The molecule has 0 aliphatic heterocycles. The summed E-state index contributed by atoms with van der Waals surface area (Å²) in [5.41, 5.74) is 0. The van der Waals surface area contributed by atoms with Gasteiger partial charge < -0.3 is 5.11 Å². The average molecular weight is 213 g/mol. The Morgan fingerprint density at radius 2 is 1.08 bits per heavy atom. The van der Waals surface area contributed by atoms with Crippen molar-refractivity contribution in [3.8, 4) is 0 Å². The van der Waals surface area contributed by atoms with Crippen LogP contribution in [0.1, 0.15) is 27.7 Å². The maximum absolute atomic E-state index is 9.76. The van der Waals surface area contributed by atoms with Crippen molar-refractivity contribution in [1.82, 2.24) is 0 Å². The first-order chi connectivity index (χ1) is 5.37. The van der Waals surface area contributed by atoms with Gasteiger partial charge >= 0.3 is 0 Å². The molecule has 0 aliphatic carbocycles. The lowest BCUT2D eigenvalue weighted by Gasteiger charge is -2.27. The highest BCUT2D eigenvalue weighted by molar-refractivity contribution is 6.21. The van der Waals surface area contributed by atoms with E-state index in [0.717, 1.165) is 0 Å². The predicted octanol–water partition coefficient (Wildman–Crippen LogP) is 2.87. The molecule has 0 fully saturated rings. The highest BCUT2D eigenvalue weighted by Gasteiger charge is 2.27. The maximum Gasteiger partial charge on any atom is 0.0619 e. The molecule has 0 aromatic carbocycles. The zero-order valence-corrected chi connectivity index (χ0v) is 9.60. The summed E-state index contributed by atoms with van der Waals surface area (Å²) >= 11 is 11.7. The van der Waals surface area contributed by atoms with Gasteiger partial charge in [0, 0.05) is 10.8 Å². The van der Waals surface area contributed by atoms with Gasteiger partial charge in [-0.05, 0) is 25.7 Å². The van der Waals surface area contributed by atoms with Crippen LogP contribution in [-0.4, -0.2) is 22.0 Å². The SMILES string of the molecule is CC(Cl)C(C)C(O)C(C)C(C)Cl. The van der Waals surface area contributed by atoms with Crippen LogP contribution >= 0.6 is 23.2 Å². The molecule has 0 saturated heterocycles. The van der Waals surface area contributed by atoms with E-state index in [0.29, 0.717) is 0 Å². The summed E-state index contributed by atoms with van der Waals surface area (Å²) in [6, 6.07) is 0. The third kappa shape index (κ3) is 3.51. The number of alkyl halides is 2. The van der Waals surface area contributed by atoms with E-state index in [-0.39, 0.29) is 22.6 Å². The minimum absolute atomic E-state index is 0.0159. The van der Waals surface area contributed by atoms with E-state index in [1.807, 2.05) is 27.7 Å². The first-order valence-electron chi connectivity index (χ1n) is 4.34. The second kappa shape index (κ2) is 5.31. The second-order valence-corrected chi connectivity index (χ2v) is 4.94. The fourth-order valence-corrected chi connectivity index (χ4v) is 1.32. The van der Waals surface area contributed by atoms with Gasteiger partial charge in [0.15, 0.2) is 0 Å². The second-order valence-electron chi connectivity index (χ2n) is 3.56. The van der Waals surface area contributed by atoms with Gasteiger partial charge in [-0.1, -0.05) is 13.8 Å². The normalized spacial score (nSPS) is 24.2. The molecule has 4 unspecified atom stereocenters. The van der Waals surface area contributed by atoms with E-state index in [1.165, 1.54) is 0 Å². The van der Waals surface area contributed by atoms with Gasteiger partial charge in [0.2, 0.25) is 0 Å². The minimum Gasteiger partial charge on any atom is -0.392 e. The van der Waals surface area contributed by atoms with Crippen molar-refractivity contribution in [2.75, 3.05) is 0 Å². The molecule has 0 aromatic heterocycles. The van der Waals surface area contributed by atoms with Crippen LogP contribution in [0.25, 0.3) is 0 Å². The lowest BCUT2D eigenvalue weighted by molar-refractivity contribution is 0.0647. The standard InChI is InChI=1S/C9H18Cl2O/c1-5(7(3)10)9(12)6(2)8(4)11/h5-9,12H,1-4H3. The Labute approximate surface area is 85.1 Å². The molecule has 0 rings (SSSR count). The molecule has 4 atom stereocenters. The fourth-order valence-electron chi connectivity index (χ4n) is 1.02. The number of aliphatic hydroxyl groups is 1. The van der Waals surface area contributed by atoms with Gasteiger partial charge in [-0.3, -0.25) is 0 Å². The zero-order valence-electron chi connectivity index (χ0n) is 8.09. The van der Waals surface area contributed by atoms with Crippen LogP contribution in [0.4, 0.5) is 0 Å². The van der Waals surface area contributed by atoms with Crippen LogP contribution in [-0.2, 0) is 0 Å². The molecule has 0 aliphatic rings. The van der Waals surface area contributed by atoms with E-state index in [2.05, 4.69) is 0 Å². The topological polar surface area (TPSA) is 20.2 Å². The monoisotopic (exact) mass is 212 g/mol. The Kier molecular flexibility index (Phi) is 5.55. The number of hydrogen-bond acceptors (Lipinski definition) is 1. The molecule has 0 amide bonds. The van der Waals surface area contributed by atoms with Crippen LogP contribution in [0.15, 0.2) is 0 Å². The van der Waals surface area contributed by atoms with Gasteiger partial charge in [0.1, 0.15) is 0 Å². The Hall–Kier alpha value is 0.540. The summed E-state index contributed by atoms with van der Waals surface area (Å²) in [6.07, 6.45) is -0.412. The molecule has 0 radical (unpaired) electrons. The Bertz CT molecular complexity index is 112. The van der Waals surface area contributed by atoms with Gasteiger partial charge in [-0.15, -0.1) is 23.2 Å². The zero-order chi connectivity index (χ0) is 9.89. The lowest BCUT2D eigenvalue weighted by atomic mass is 9.89. The summed E-state index contributed by atoms with van der Waals surface area (Å²) in [4.78, 5) is 0. The molecular formula is C9H18Cl2O. The molecule has 0 heterocycles. The summed E-state index contributed by atoms with van der Waals surface area (Å²) in [5.74, 6) is 0.172. The minimum atomic E-state index is -0.412. The van der Waals surface area contributed by atoms with Crippen LogP contribution in [0.5, 0.6) is 0 Å². The third-order valence-corrected chi connectivity index (χ3v) is 3.32. The first kappa shape index (κ1) is 12.5. The van der Waals surface area contributed by atoms with Crippen LogP contribution in [0, 0.1) is 11.8 Å². The summed E-state index contributed by atoms with van der Waals surface area (Å²) < 4.78 is 0. The van der Waals surface area contributed by atoms with Gasteiger partial charge in [0.25, 0.3) is 0 Å². The average Bonchev–Trinajstić information content (AvgIpc) is 2.00. The number of hydrogen-bond donors (Lipinski definition) is 1.